The SMILES string of the molecule is COC(=O)[C@]1(C)[C@H](O)C[C@H](O)[C@]2(C)c3c(O)cc(C(C)C)cc3[C@H](O)[C@H](OC(C)=O)[C@H]12. The molecule has 31 heavy (non-hydrogen) atoms. The summed E-state index contributed by atoms with van der Waals surface area (Å²) in [5.74, 6) is -2.60. The zero-order valence-corrected chi connectivity index (χ0v) is 18.7. The van der Waals surface area contributed by atoms with Gasteiger partial charge in [0.05, 0.1) is 24.7 Å². The number of phenols is 1. The van der Waals surface area contributed by atoms with Crippen LogP contribution in [0.4, 0.5) is 0 Å². The number of carbonyl (C=O) groups is 2. The minimum absolute atomic E-state index is 0.0412. The van der Waals surface area contributed by atoms with E-state index in [2.05, 4.69) is 0 Å². The van der Waals surface area contributed by atoms with Gasteiger partial charge in [0.25, 0.3) is 0 Å². The summed E-state index contributed by atoms with van der Waals surface area (Å²) in [4.78, 5) is 24.9. The van der Waals surface area contributed by atoms with Crippen LogP contribution >= 0.6 is 0 Å². The zero-order chi connectivity index (χ0) is 23.5. The second-order valence-electron chi connectivity index (χ2n) is 9.48. The van der Waals surface area contributed by atoms with E-state index in [1.807, 2.05) is 13.8 Å². The smallest absolute Gasteiger partial charge is 0.314 e. The van der Waals surface area contributed by atoms with Crippen LogP contribution in [0, 0.1) is 11.3 Å². The number of methoxy groups -OCH3 is 1. The predicted octanol–water partition coefficient (Wildman–Crippen LogP) is 1.67. The normalized spacial score (nSPS) is 37.0. The Hall–Kier alpha value is -2.16. The van der Waals surface area contributed by atoms with Crippen LogP contribution in [0.15, 0.2) is 12.1 Å². The van der Waals surface area contributed by atoms with Crippen molar-refractivity contribution in [2.24, 2.45) is 11.3 Å². The Bertz CT molecular complexity index is 896. The number of carbonyl (C=O) groups excluding carboxylic acids is 2. The van der Waals surface area contributed by atoms with Crippen LogP contribution in [-0.4, -0.2) is 57.8 Å². The Morgan fingerprint density at radius 2 is 1.74 bits per heavy atom. The summed E-state index contributed by atoms with van der Waals surface area (Å²) in [7, 11) is 1.18. The zero-order valence-electron chi connectivity index (χ0n) is 18.7. The molecule has 0 amide bonds. The number of hydrogen-bond donors (Lipinski definition) is 4. The van der Waals surface area contributed by atoms with Gasteiger partial charge in [-0.15, -0.1) is 0 Å². The topological polar surface area (TPSA) is 134 Å². The van der Waals surface area contributed by atoms with Crippen molar-refractivity contribution in [3.05, 3.63) is 28.8 Å². The first-order chi connectivity index (χ1) is 14.3. The molecule has 1 aromatic rings. The molecule has 1 aromatic carbocycles. The number of fused-ring (bicyclic) bond motifs is 3. The Kier molecular flexibility index (Phi) is 5.88. The van der Waals surface area contributed by atoms with Gasteiger partial charge in [-0.25, -0.2) is 0 Å². The molecular weight excluding hydrogens is 404 g/mol. The lowest BCUT2D eigenvalue weighted by atomic mass is 9.46. The molecular formula is C23H32O8. The number of aliphatic hydroxyl groups is 3. The van der Waals surface area contributed by atoms with Crippen molar-refractivity contribution in [2.75, 3.05) is 7.11 Å². The standard InChI is InChI=1S/C23H32O8/c1-10(2)12-7-13-17(14(25)8-12)22(4)15(26)9-16(27)23(5,21(29)30-6)20(22)19(18(13)28)31-11(3)24/h7-8,10,15-16,18-20,25-28H,9H2,1-6H3/t15-,16+,18-,19-,20-,22+,23+/m0/s1. The molecule has 0 saturated heterocycles. The van der Waals surface area contributed by atoms with E-state index in [1.54, 1.807) is 19.1 Å². The second-order valence-corrected chi connectivity index (χ2v) is 9.48. The highest BCUT2D eigenvalue weighted by Gasteiger charge is 2.69. The number of ether oxygens (including phenoxy) is 2. The quantitative estimate of drug-likeness (QED) is 0.526. The third-order valence-electron chi connectivity index (χ3n) is 7.38. The van der Waals surface area contributed by atoms with Crippen molar-refractivity contribution in [1.29, 1.82) is 0 Å². The second kappa shape index (κ2) is 7.76. The van der Waals surface area contributed by atoms with E-state index in [0.717, 1.165) is 5.56 Å². The monoisotopic (exact) mass is 436 g/mol. The van der Waals surface area contributed by atoms with E-state index in [9.17, 15) is 30.0 Å². The molecule has 1 fully saturated rings. The average molecular weight is 437 g/mol. The van der Waals surface area contributed by atoms with Crippen molar-refractivity contribution in [2.45, 2.75) is 76.8 Å². The summed E-state index contributed by atoms with van der Waals surface area (Å²) in [6, 6.07) is 3.31. The molecule has 0 heterocycles. The molecule has 2 aliphatic carbocycles. The predicted molar refractivity (Wildman–Crippen MR) is 110 cm³/mol. The van der Waals surface area contributed by atoms with Crippen LogP contribution in [0.1, 0.15) is 69.8 Å². The first-order valence-corrected chi connectivity index (χ1v) is 10.5. The molecule has 0 unspecified atom stereocenters. The van der Waals surface area contributed by atoms with Crippen LogP contribution in [-0.2, 0) is 24.5 Å². The van der Waals surface area contributed by atoms with Crippen LogP contribution in [0.3, 0.4) is 0 Å². The van der Waals surface area contributed by atoms with Crippen LogP contribution < -0.4 is 0 Å². The first kappa shape index (κ1) is 23.5. The number of rotatable bonds is 3. The number of benzene rings is 1. The summed E-state index contributed by atoms with van der Waals surface area (Å²) < 4.78 is 10.5. The number of hydrogen-bond acceptors (Lipinski definition) is 8. The highest BCUT2D eigenvalue weighted by Crippen LogP contribution is 2.62. The summed E-state index contributed by atoms with van der Waals surface area (Å²) in [6.45, 7) is 8.19. The van der Waals surface area contributed by atoms with E-state index in [-0.39, 0.29) is 23.7 Å². The summed E-state index contributed by atoms with van der Waals surface area (Å²) >= 11 is 0. The van der Waals surface area contributed by atoms with E-state index >= 15 is 0 Å². The van der Waals surface area contributed by atoms with Gasteiger partial charge in [0.2, 0.25) is 0 Å². The van der Waals surface area contributed by atoms with Gasteiger partial charge in [-0.2, -0.15) is 0 Å². The highest BCUT2D eigenvalue weighted by molar-refractivity contribution is 5.79. The van der Waals surface area contributed by atoms with Gasteiger partial charge >= 0.3 is 11.9 Å². The number of phenolic OH excluding ortho intramolecular Hbond substituents is 1. The molecule has 4 N–H and O–H groups in total. The van der Waals surface area contributed by atoms with Crippen molar-refractivity contribution >= 4 is 11.9 Å². The lowest BCUT2D eigenvalue weighted by molar-refractivity contribution is -0.219. The maximum atomic E-state index is 12.9. The van der Waals surface area contributed by atoms with E-state index in [4.69, 9.17) is 9.47 Å². The molecule has 0 bridgehead atoms. The number of aromatic hydroxyl groups is 1. The number of aliphatic hydroxyl groups excluding tert-OH is 3. The van der Waals surface area contributed by atoms with Gasteiger partial charge < -0.3 is 29.9 Å². The molecule has 0 aromatic heterocycles. The van der Waals surface area contributed by atoms with Gasteiger partial charge in [0.1, 0.15) is 18.0 Å². The molecule has 0 aliphatic heterocycles. The fourth-order valence-corrected chi connectivity index (χ4v) is 5.73. The maximum absolute atomic E-state index is 12.9. The van der Waals surface area contributed by atoms with Crippen LogP contribution in [0.2, 0.25) is 0 Å². The molecule has 2 aliphatic rings. The Morgan fingerprint density at radius 3 is 2.26 bits per heavy atom. The Labute approximate surface area is 181 Å². The van der Waals surface area contributed by atoms with Crippen molar-refractivity contribution in [3.63, 3.8) is 0 Å². The average Bonchev–Trinajstić information content (AvgIpc) is 2.68. The fourth-order valence-electron chi connectivity index (χ4n) is 5.73. The summed E-state index contributed by atoms with van der Waals surface area (Å²) in [5.41, 5.74) is -1.56. The first-order valence-electron chi connectivity index (χ1n) is 10.5. The van der Waals surface area contributed by atoms with Crippen molar-refractivity contribution in [3.8, 4) is 5.75 Å². The molecule has 172 valence electrons. The molecule has 7 atom stereocenters. The molecule has 8 heteroatoms. The minimum Gasteiger partial charge on any atom is -0.508 e. The van der Waals surface area contributed by atoms with Gasteiger partial charge in [-0.1, -0.05) is 26.8 Å². The van der Waals surface area contributed by atoms with E-state index < -0.39 is 53.1 Å². The van der Waals surface area contributed by atoms with Gasteiger partial charge in [-0.3, -0.25) is 9.59 Å². The Morgan fingerprint density at radius 1 is 1.13 bits per heavy atom. The van der Waals surface area contributed by atoms with E-state index in [0.29, 0.717) is 5.56 Å². The minimum atomic E-state index is -1.62. The van der Waals surface area contributed by atoms with Crippen LogP contribution in [0.5, 0.6) is 5.75 Å². The van der Waals surface area contributed by atoms with Crippen LogP contribution in [0.25, 0.3) is 0 Å². The third-order valence-corrected chi connectivity index (χ3v) is 7.38. The number of esters is 2. The highest BCUT2D eigenvalue weighted by atomic mass is 16.6. The molecule has 1 saturated carbocycles. The molecule has 8 nitrogen and oxygen atoms in total. The fraction of sp³-hybridized carbons (Fsp3) is 0.652. The largest absolute Gasteiger partial charge is 0.508 e. The summed E-state index contributed by atoms with van der Waals surface area (Å²) in [6.07, 6.45) is -5.32. The lowest BCUT2D eigenvalue weighted by Gasteiger charge is -2.60. The molecule has 0 spiro atoms. The Balaban J connectivity index is 2.39. The van der Waals surface area contributed by atoms with Crippen molar-refractivity contribution in [1.82, 2.24) is 0 Å². The molecule has 0 radical (unpaired) electrons. The summed E-state index contributed by atoms with van der Waals surface area (Å²) in [5, 5.41) is 44.4. The van der Waals surface area contributed by atoms with E-state index in [1.165, 1.54) is 21.0 Å². The van der Waals surface area contributed by atoms with Gasteiger partial charge in [0, 0.05) is 30.2 Å². The van der Waals surface area contributed by atoms with Gasteiger partial charge in [-0.05, 0) is 30.0 Å². The van der Waals surface area contributed by atoms with Crippen molar-refractivity contribution < 1.29 is 39.5 Å². The lowest BCUT2D eigenvalue weighted by Crippen LogP contribution is -2.69. The molecule has 3 rings (SSSR count). The van der Waals surface area contributed by atoms with Gasteiger partial charge in [0.15, 0.2) is 0 Å². The third kappa shape index (κ3) is 3.23. The maximum Gasteiger partial charge on any atom is 0.314 e.